The fourth-order valence-electron chi connectivity index (χ4n) is 3.56. The highest BCUT2D eigenvalue weighted by Crippen LogP contribution is 2.39. The molecule has 1 aromatic heterocycles. The molecule has 0 saturated heterocycles. The second-order valence-electron chi connectivity index (χ2n) is 7.86. The zero-order valence-electron chi connectivity index (χ0n) is 18.0. The molecule has 4 aromatic rings. The molecule has 0 saturated carbocycles. The Morgan fingerprint density at radius 3 is 1.90 bits per heavy atom. The molecule has 4 rings (SSSR count). The molecular weight excluding hydrogens is 411 g/mol. The van der Waals surface area contributed by atoms with Crippen LogP contribution in [0.3, 0.4) is 0 Å². The number of benzene rings is 3. The summed E-state index contributed by atoms with van der Waals surface area (Å²) in [6.07, 6.45) is 0. The maximum atomic E-state index is 6.99. The normalized spacial score (nSPS) is 10.7. The van der Waals surface area contributed by atoms with Crippen LogP contribution in [0.5, 0.6) is 0 Å². The van der Waals surface area contributed by atoms with E-state index in [1.165, 1.54) is 27.8 Å². The zero-order chi connectivity index (χ0) is 20.7. The fourth-order valence-corrected chi connectivity index (χ4v) is 3.89. The number of aryl methyl sites for hydroxylation is 5. The van der Waals surface area contributed by atoms with E-state index in [1.807, 2.05) is 4.68 Å². The van der Waals surface area contributed by atoms with E-state index in [9.17, 15) is 0 Å². The molecule has 1 heterocycles. The Bertz CT molecular complexity index is 1220. The quantitative estimate of drug-likeness (QED) is 0.319. The summed E-state index contributed by atoms with van der Waals surface area (Å²) in [5.41, 5.74) is 11.0. The Kier molecular flexibility index (Phi) is 6.40. The molecule has 0 bridgehead atoms. The van der Waals surface area contributed by atoms with Gasteiger partial charge in [-0.2, -0.15) is 5.10 Å². The molecular formula is C26H26Cl2N2. The molecule has 0 spiro atoms. The first-order valence-electron chi connectivity index (χ1n) is 9.86. The van der Waals surface area contributed by atoms with Gasteiger partial charge in [0.25, 0.3) is 0 Å². The van der Waals surface area contributed by atoms with Crippen molar-refractivity contribution in [2.45, 2.75) is 34.6 Å². The average molecular weight is 437 g/mol. The van der Waals surface area contributed by atoms with Crippen LogP contribution in [-0.4, -0.2) is 9.78 Å². The lowest BCUT2D eigenvalue weighted by Gasteiger charge is -2.10. The van der Waals surface area contributed by atoms with Gasteiger partial charge in [-0.3, -0.25) is 0 Å². The van der Waals surface area contributed by atoms with E-state index in [1.54, 1.807) is 0 Å². The average Bonchev–Trinajstić information content (AvgIpc) is 3.03. The van der Waals surface area contributed by atoms with Crippen molar-refractivity contribution in [3.63, 3.8) is 0 Å². The summed E-state index contributed by atoms with van der Waals surface area (Å²) in [6, 6.07) is 21.2. The summed E-state index contributed by atoms with van der Waals surface area (Å²) in [5.74, 6) is 0. The summed E-state index contributed by atoms with van der Waals surface area (Å²) in [5, 5.41) is 5.65. The molecule has 0 unspecified atom stereocenters. The van der Waals surface area contributed by atoms with E-state index in [-0.39, 0.29) is 12.4 Å². The minimum Gasteiger partial charge on any atom is -0.231 e. The number of hydrogen-bond acceptors (Lipinski definition) is 1. The molecule has 0 aliphatic rings. The minimum absolute atomic E-state index is 0. The van der Waals surface area contributed by atoms with Crippen molar-refractivity contribution in [1.82, 2.24) is 9.78 Å². The molecule has 0 aliphatic heterocycles. The van der Waals surface area contributed by atoms with Gasteiger partial charge in [-0.1, -0.05) is 48.0 Å². The van der Waals surface area contributed by atoms with E-state index in [0.717, 1.165) is 28.2 Å². The number of nitrogens with zero attached hydrogens (tertiary/aromatic N) is 2. The van der Waals surface area contributed by atoms with Gasteiger partial charge in [0.15, 0.2) is 0 Å². The first kappa shape index (κ1) is 22.1. The predicted molar refractivity (Wildman–Crippen MR) is 130 cm³/mol. The molecule has 0 N–H and O–H groups in total. The molecule has 0 fully saturated rings. The Labute approximate surface area is 189 Å². The molecule has 154 valence electrons. The summed E-state index contributed by atoms with van der Waals surface area (Å²) < 4.78 is 1.98. The smallest absolute Gasteiger partial charge is 0.112 e. The van der Waals surface area contributed by atoms with E-state index < -0.39 is 0 Å². The fraction of sp³-hybridized carbons (Fsp3) is 0.192. The molecule has 4 heteroatoms. The second kappa shape index (κ2) is 8.67. The third kappa shape index (κ3) is 4.03. The van der Waals surface area contributed by atoms with Crippen LogP contribution >= 0.6 is 24.0 Å². The lowest BCUT2D eigenvalue weighted by atomic mass is 10.0. The predicted octanol–water partition coefficient (Wildman–Crippen LogP) is 7.82. The van der Waals surface area contributed by atoms with Crippen LogP contribution in [0.1, 0.15) is 27.8 Å². The van der Waals surface area contributed by atoms with Crippen LogP contribution < -0.4 is 0 Å². The Morgan fingerprint density at radius 2 is 1.30 bits per heavy atom. The van der Waals surface area contributed by atoms with Gasteiger partial charge < -0.3 is 0 Å². The number of aromatic nitrogens is 2. The molecule has 30 heavy (non-hydrogen) atoms. The van der Waals surface area contributed by atoms with Crippen molar-refractivity contribution in [3.05, 3.63) is 93.5 Å². The van der Waals surface area contributed by atoms with Gasteiger partial charge in [-0.15, -0.1) is 12.4 Å². The largest absolute Gasteiger partial charge is 0.231 e. The van der Waals surface area contributed by atoms with Gasteiger partial charge in [0.2, 0.25) is 0 Å². The van der Waals surface area contributed by atoms with Crippen LogP contribution in [0.25, 0.3) is 28.2 Å². The van der Waals surface area contributed by atoms with Gasteiger partial charge in [-0.05, 0) is 86.7 Å². The van der Waals surface area contributed by atoms with Gasteiger partial charge in [0, 0.05) is 11.1 Å². The first-order chi connectivity index (χ1) is 13.8. The SMILES string of the molecule is Cc1cccc(-n2nc(-c3ccc(C)c(C)c3)c(Cl)c2-c2ccc(C)c(C)c2)c1.Cl. The van der Waals surface area contributed by atoms with Gasteiger partial charge in [-0.25, -0.2) is 4.68 Å². The standard InChI is InChI=1S/C26H25ClN2.ClH/c1-16-7-6-8-23(13-16)29-26(22-12-10-18(3)20(5)15-22)24(27)25(28-29)21-11-9-17(2)19(4)14-21;/h6-15H,1-5H3;1H. The number of halogens is 2. The molecule has 0 radical (unpaired) electrons. The van der Waals surface area contributed by atoms with Crippen molar-refractivity contribution in [3.8, 4) is 28.2 Å². The summed E-state index contributed by atoms with van der Waals surface area (Å²) in [6.45, 7) is 10.6. The van der Waals surface area contributed by atoms with E-state index in [4.69, 9.17) is 16.7 Å². The lowest BCUT2D eigenvalue weighted by Crippen LogP contribution is -2.00. The molecule has 0 aliphatic carbocycles. The highest BCUT2D eigenvalue weighted by Gasteiger charge is 2.21. The monoisotopic (exact) mass is 436 g/mol. The van der Waals surface area contributed by atoms with Crippen LogP contribution in [0.4, 0.5) is 0 Å². The summed E-state index contributed by atoms with van der Waals surface area (Å²) in [7, 11) is 0. The van der Waals surface area contributed by atoms with E-state index >= 15 is 0 Å². The third-order valence-electron chi connectivity index (χ3n) is 5.63. The lowest BCUT2D eigenvalue weighted by molar-refractivity contribution is 0.890. The second-order valence-corrected chi connectivity index (χ2v) is 8.24. The maximum absolute atomic E-state index is 6.99. The molecule has 2 nitrogen and oxygen atoms in total. The van der Waals surface area contributed by atoms with Crippen molar-refractivity contribution in [2.24, 2.45) is 0 Å². The van der Waals surface area contributed by atoms with Crippen molar-refractivity contribution >= 4 is 24.0 Å². The number of hydrogen-bond donors (Lipinski definition) is 0. The van der Waals surface area contributed by atoms with Crippen molar-refractivity contribution in [2.75, 3.05) is 0 Å². The van der Waals surface area contributed by atoms with Gasteiger partial charge >= 0.3 is 0 Å². The molecule has 0 amide bonds. The maximum Gasteiger partial charge on any atom is 0.112 e. The number of rotatable bonds is 3. The summed E-state index contributed by atoms with van der Waals surface area (Å²) >= 11 is 6.99. The van der Waals surface area contributed by atoms with E-state index in [2.05, 4.69) is 95.3 Å². The Hall–Kier alpha value is -2.55. The Balaban J connectivity index is 0.00000256. The molecule has 0 atom stereocenters. The van der Waals surface area contributed by atoms with Crippen molar-refractivity contribution in [1.29, 1.82) is 0 Å². The Morgan fingerprint density at radius 1 is 0.700 bits per heavy atom. The van der Waals surface area contributed by atoms with Crippen LogP contribution in [-0.2, 0) is 0 Å². The van der Waals surface area contributed by atoms with E-state index in [0.29, 0.717) is 5.02 Å². The third-order valence-corrected chi connectivity index (χ3v) is 5.99. The van der Waals surface area contributed by atoms with Gasteiger partial charge in [0.1, 0.15) is 5.69 Å². The van der Waals surface area contributed by atoms with Crippen molar-refractivity contribution < 1.29 is 0 Å². The molecule has 3 aromatic carbocycles. The minimum atomic E-state index is 0. The zero-order valence-corrected chi connectivity index (χ0v) is 19.5. The topological polar surface area (TPSA) is 17.8 Å². The first-order valence-corrected chi connectivity index (χ1v) is 10.2. The highest BCUT2D eigenvalue weighted by atomic mass is 35.5. The summed E-state index contributed by atoms with van der Waals surface area (Å²) in [4.78, 5) is 0. The van der Waals surface area contributed by atoms with Crippen LogP contribution in [0.2, 0.25) is 5.02 Å². The van der Waals surface area contributed by atoms with Crippen LogP contribution in [0, 0.1) is 34.6 Å². The highest BCUT2D eigenvalue weighted by molar-refractivity contribution is 6.35. The van der Waals surface area contributed by atoms with Gasteiger partial charge in [0.05, 0.1) is 16.4 Å². The van der Waals surface area contributed by atoms with Crippen LogP contribution in [0.15, 0.2) is 60.7 Å².